The lowest BCUT2D eigenvalue weighted by Gasteiger charge is -2.19. The summed E-state index contributed by atoms with van der Waals surface area (Å²) in [4.78, 5) is 15.2. The van der Waals surface area contributed by atoms with Gasteiger partial charge in [0.2, 0.25) is 9.74 Å². The van der Waals surface area contributed by atoms with Gasteiger partial charge in [0.05, 0.1) is 0 Å². The summed E-state index contributed by atoms with van der Waals surface area (Å²) in [5, 5.41) is 3.19. The number of hydrogen-bond donors (Lipinski definition) is 1. The van der Waals surface area contributed by atoms with Gasteiger partial charge < -0.3 is 10.2 Å². The molecule has 0 saturated carbocycles. The van der Waals surface area contributed by atoms with Crippen molar-refractivity contribution in [1.82, 2.24) is 19.9 Å². The minimum absolute atomic E-state index is 0.0690. The lowest BCUT2D eigenvalue weighted by molar-refractivity contribution is 0.405. The fourth-order valence-electron chi connectivity index (χ4n) is 2.43. The summed E-state index contributed by atoms with van der Waals surface area (Å²) in [6.07, 6.45) is 0.942. The molecule has 0 aliphatic rings. The molecule has 1 N–H and O–H groups in total. The Balaban J connectivity index is 2.30. The molecule has 8 heteroatoms. The molecule has 0 fully saturated rings. The highest BCUT2D eigenvalue weighted by molar-refractivity contribution is 6.66. The van der Waals surface area contributed by atoms with Crippen LogP contribution in [0.15, 0.2) is 24.3 Å². The molecule has 0 amide bonds. The summed E-state index contributed by atoms with van der Waals surface area (Å²) in [5.41, 5.74) is 2.14. The van der Waals surface area contributed by atoms with E-state index in [1.54, 1.807) is 0 Å². The third kappa shape index (κ3) is 6.75. The van der Waals surface area contributed by atoms with Crippen molar-refractivity contribution >= 4 is 40.8 Å². The SMILES string of the molecule is CN(C)CCCNc1nc(-c2ccc(C(C)(C)C)cc2)nc(C(Cl)(Cl)Cl)n1. The van der Waals surface area contributed by atoms with Gasteiger partial charge in [0.15, 0.2) is 11.6 Å². The molecule has 0 spiro atoms. The first-order chi connectivity index (χ1) is 12.5. The van der Waals surface area contributed by atoms with Crippen LogP contribution in [0.1, 0.15) is 38.6 Å². The van der Waals surface area contributed by atoms with Gasteiger partial charge in [-0.2, -0.15) is 9.97 Å². The maximum absolute atomic E-state index is 6.02. The molecule has 1 aromatic heterocycles. The quantitative estimate of drug-likeness (QED) is 0.515. The first-order valence-electron chi connectivity index (χ1n) is 8.79. The van der Waals surface area contributed by atoms with Gasteiger partial charge >= 0.3 is 0 Å². The van der Waals surface area contributed by atoms with Crippen LogP contribution >= 0.6 is 34.8 Å². The summed E-state index contributed by atoms with van der Waals surface area (Å²) in [6, 6.07) is 8.10. The molecule has 0 saturated heterocycles. The maximum Gasteiger partial charge on any atom is 0.250 e. The Hall–Kier alpha value is -1.14. The zero-order valence-electron chi connectivity index (χ0n) is 16.4. The highest BCUT2D eigenvalue weighted by Gasteiger charge is 2.28. The predicted octanol–water partition coefficient (Wildman–Crippen LogP) is 5.03. The fraction of sp³-hybridized carbons (Fsp3) is 0.526. The van der Waals surface area contributed by atoms with E-state index in [-0.39, 0.29) is 11.2 Å². The molecule has 0 unspecified atom stereocenters. The first kappa shape index (κ1) is 22.2. The van der Waals surface area contributed by atoms with Crippen LogP contribution in [0.2, 0.25) is 0 Å². The Kier molecular flexibility index (Phi) is 7.31. The first-order valence-corrected chi connectivity index (χ1v) is 9.93. The summed E-state index contributed by atoms with van der Waals surface area (Å²) in [5.74, 6) is 0.981. The van der Waals surface area contributed by atoms with E-state index < -0.39 is 3.79 Å². The molecule has 5 nitrogen and oxygen atoms in total. The summed E-state index contributed by atoms with van der Waals surface area (Å²) < 4.78 is -1.72. The van der Waals surface area contributed by atoms with Crippen molar-refractivity contribution in [1.29, 1.82) is 0 Å². The molecule has 27 heavy (non-hydrogen) atoms. The molecule has 0 aliphatic carbocycles. The smallest absolute Gasteiger partial charge is 0.250 e. The van der Waals surface area contributed by atoms with Crippen LogP contribution in [0, 0.1) is 0 Å². The monoisotopic (exact) mass is 429 g/mol. The zero-order chi connectivity index (χ0) is 20.2. The van der Waals surface area contributed by atoms with Crippen LogP contribution in [0.5, 0.6) is 0 Å². The van der Waals surface area contributed by atoms with Gasteiger partial charge in [-0.05, 0) is 38.0 Å². The number of benzene rings is 1. The second kappa shape index (κ2) is 8.91. The molecular weight excluding hydrogens is 405 g/mol. The van der Waals surface area contributed by atoms with Gasteiger partial charge in [-0.15, -0.1) is 0 Å². The largest absolute Gasteiger partial charge is 0.354 e. The van der Waals surface area contributed by atoms with Crippen molar-refractivity contribution in [2.24, 2.45) is 0 Å². The number of halogens is 3. The van der Waals surface area contributed by atoms with Gasteiger partial charge in [-0.25, -0.2) is 4.98 Å². The van der Waals surface area contributed by atoms with Crippen LogP contribution in [0.3, 0.4) is 0 Å². The van der Waals surface area contributed by atoms with Gasteiger partial charge in [0, 0.05) is 12.1 Å². The summed E-state index contributed by atoms with van der Waals surface area (Å²) >= 11 is 18.1. The Morgan fingerprint density at radius 3 is 2.11 bits per heavy atom. The molecular formula is C19H26Cl3N5. The van der Waals surface area contributed by atoms with Crippen molar-refractivity contribution in [2.45, 2.75) is 36.4 Å². The minimum Gasteiger partial charge on any atom is -0.354 e. The number of aromatic nitrogens is 3. The van der Waals surface area contributed by atoms with Crippen LogP contribution < -0.4 is 5.32 Å². The molecule has 0 atom stereocenters. The van der Waals surface area contributed by atoms with E-state index in [9.17, 15) is 0 Å². The highest BCUT2D eigenvalue weighted by Crippen LogP contribution is 2.37. The van der Waals surface area contributed by atoms with Crippen LogP contribution in [-0.2, 0) is 9.21 Å². The van der Waals surface area contributed by atoms with E-state index in [0.717, 1.165) is 18.5 Å². The standard InChI is InChI=1S/C19H26Cl3N5/c1-18(2,3)14-9-7-13(8-10-14)15-24-16(19(20,21)22)26-17(25-15)23-11-6-12-27(4)5/h7-10H,6,11-12H2,1-5H3,(H,23,24,25,26). The molecule has 0 radical (unpaired) electrons. The third-order valence-electron chi connectivity index (χ3n) is 3.96. The normalized spacial score (nSPS) is 12.5. The summed E-state index contributed by atoms with van der Waals surface area (Å²) in [7, 11) is 4.06. The fourth-order valence-corrected chi connectivity index (χ4v) is 2.68. The van der Waals surface area contributed by atoms with Gasteiger partial charge in [-0.3, -0.25) is 0 Å². The Morgan fingerprint density at radius 1 is 0.963 bits per heavy atom. The topological polar surface area (TPSA) is 53.9 Å². The van der Waals surface area contributed by atoms with Crippen molar-refractivity contribution < 1.29 is 0 Å². The lowest BCUT2D eigenvalue weighted by atomic mass is 9.87. The lowest BCUT2D eigenvalue weighted by Crippen LogP contribution is -2.18. The molecule has 1 aromatic carbocycles. The van der Waals surface area contributed by atoms with E-state index in [1.165, 1.54) is 5.56 Å². The molecule has 148 valence electrons. The van der Waals surface area contributed by atoms with E-state index in [0.29, 0.717) is 18.3 Å². The third-order valence-corrected chi connectivity index (χ3v) is 4.47. The van der Waals surface area contributed by atoms with Gasteiger partial charge in [0.1, 0.15) is 0 Å². The van der Waals surface area contributed by atoms with E-state index in [4.69, 9.17) is 34.8 Å². The molecule has 2 rings (SSSR count). The average Bonchev–Trinajstić information content (AvgIpc) is 2.57. The number of rotatable bonds is 6. The Morgan fingerprint density at radius 2 is 1.59 bits per heavy atom. The van der Waals surface area contributed by atoms with Crippen LogP contribution in [-0.4, -0.2) is 47.0 Å². The second-order valence-electron chi connectivity index (χ2n) is 7.71. The molecule has 0 bridgehead atoms. The van der Waals surface area contributed by atoms with Crippen molar-refractivity contribution in [3.63, 3.8) is 0 Å². The Labute approximate surface area is 176 Å². The van der Waals surface area contributed by atoms with Crippen LogP contribution in [0.25, 0.3) is 11.4 Å². The molecule has 0 aliphatic heterocycles. The number of alkyl halides is 3. The average molecular weight is 431 g/mol. The van der Waals surface area contributed by atoms with Gasteiger partial charge in [-0.1, -0.05) is 79.8 Å². The molecule has 1 heterocycles. The van der Waals surface area contributed by atoms with Gasteiger partial charge in [0.25, 0.3) is 0 Å². The van der Waals surface area contributed by atoms with E-state index >= 15 is 0 Å². The summed E-state index contributed by atoms with van der Waals surface area (Å²) in [6.45, 7) is 8.17. The number of nitrogens with zero attached hydrogens (tertiary/aromatic N) is 4. The van der Waals surface area contributed by atoms with E-state index in [1.807, 2.05) is 26.2 Å². The Bertz CT molecular complexity index is 749. The predicted molar refractivity (Wildman–Crippen MR) is 115 cm³/mol. The second-order valence-corrected chi connectivity index (χ2v) is 10.00. The van der Waals surface area contributed by atoms with Crippen molar-refractivity contribution in [3.8, 4) is 11.4 Å². The number of nitrogens with one attached hydrogen (secondary N) is 1. The van der Waals surface area contributed by atoms with Crippen molar-refractivity contribution in [3.05, 3.63) is 35.7 Å². The highest BCUT2D eigenvalue weighted by atomic mass is 35.6. The number of anilines is 1. The zero-order valence-corrected chi connectivity index (χ0v) is 18.6. The maximum atomic E-state index is 6.02. The van der Waals surface area contributed by atoms with E-state index in [2.05, 4.69) is 58.1 Å². The van der Waals surface area contributed by atoms with Crippen LogP contribution in [0.4, 0.5) is 5.95 Å². The minimum atomic E-state index is -1.72. The number of hydrogen-bond acceptors (Lipinski definition) is 5. The van der Waals surface area contributed by atoms with Crippen molar-refractivity contribution in [2.75, 3.05) is 32.5 Å². The molecule has 2 aromatic rings.